The van der Waals surface area contributed by atoms with Crippen LogP contribution in [-0.2, 0) is 11.3 Å². The van der Waals surface area contributed by atoms with Crippen LogP contribution >= 0.6 is 11.8 Å². The van der Waals surface area contributed by atoms with Gasteiger partial charge >= 0.3 is 0 Å². The highest BCUT2D eigenvalue weighted by molar-refractivity contribution is 8.15. The third-order valence-electron chi connectivity index (χ3n) is 4.93. The van der Waals surface area contributed by atoms with Gasteiger partial charge < -0.3 is 0 Å². The summed E-state index contributed by atoms with van der Waals surface area (Å²) in [5.41, 5.74) is 2.52. The predicted molar refractivity (Wildman–Crippen MR) is 106 cm³/mol. The first-order valence-corrected chi connectivity index (χ1v) is 10.1. The Morgan fingerprint density at radius 2 is 1.92 bits per heavy atom. The fourth-order valence-electron chi connectivity index (χ4n) is 3.55. The zero-order valence-electron chi connectivity index (χ0n) is 15.4. The number of thioether (sulfide) groups is 1. The van der Waals surface area contributed by atoms with Crippen molar-refractivity contribution in [2.45, 2.75) is 53.0 Å². The zero-order chi connectivity index (χ0) is 17.9. The van der Waals surface area contributed by atoms with Gasteiger partial charge in [-0.1, -0.05) is 69.3 Å². The van der Waals surface area contributed by atoms with Crippen molar-refractivity contribution in [1.82, 2.24) is 4.90 Å². The summed E-state index contributed by atoms with van der Waals surface area (Å²) in [5.74, 6) is 1.05. The molecule has 1 amide bonds. The van der Waals surface area contributed by atoms with Gasteiger partial charge in [0.1, 0.15) is 0 Å². The highest BCUT2D eigenvalue weighted by Crippen LogP contribution is 2.36. The summed E-state index contributed by atoms with van der Waals surface area (Å²) in [7, 11) is 0. The molecule has 1 unspecified atom stereocenters. The second kappa shape index (κ2) is 7.73. The van der Waals surface area contributed by atoms with Crippen LogP contribution in [-0.4, -0.2) is 27.4 Å². The number of amidine groups is 1. The minimum atomic E-state index is 0.115. The normalized spacial score (nSPS) is 25.2. The SMILES string of the molecule is CC(C)(C)C1CCCC/C1=N/N=C1/SCC(=O)N1Cc1ccccc1. The number of carbonyl (C=O) groups is 1. The molecule has 4 nitrogen and oxygen atoms in total. The van der Waals surface area contributed by atoms with Crippen molar-refractivity contribution in [1.29, 1.82) is 0 Å². The summed E-state index contributed by atoms with van der Waals surface area (Å²) in [4.78, 5) is 14.0. The first kappa shape index (κ1) is 18.2. The van der Waals surface area contributed by atoms with Crippen molar-refractivity contribution in [3.63, 3.8) is 0 Å². The van der Waals surface area contributed by atoms with E-state index in [1.807, 2.05) is 30.3 Å². The van der Waals surface area contributed by atoms with Crippen LogP contribution in [0.4, 0.5) is 0 Å². The van der Waals surface area contributed by atoms with Crippen molar-refractivity contribution >= 4 is 28.5 Å². The van der Waals surface area contributed by atoms with Gasteiger partial charge in [-0.05, 0) is 30.2 Å². The van der Waals surface area contributed by atoms with Crippen LogP contribution in [0.1, 0.15) is 52.0 Å². The molecular formula is C20H27N3OS. The fraction of sp³-hybridized carbons (Fsp3) is 0.550. The molecule has 0 bridgehead atoms. The fourth-order valence-corrected chi connectivity index (χ4v) is 4.38. The summed E-state index contributed by atoms with van der Waals surface area (Å²) in [6, 6.07) is 10.1. The van der Waals surface area contributed by atoms with Crippen LogP contribution < -0.4 is 0 Å². The lowest BCUT2D eigenvalue weighted by molar-refractivity contribution is -0.124. The number of benzene rings is 1. The average Bonchev–Trinajstić information content (AvgIpc) is 2.93. The number of amides is 1. The Bertz CT molecular complexity index is 676. The molecule has 1 saturated heterocycles. The van der Waals surface area contributed by atoms with E-state index in [9.17, 15) is 4.79 Å². The largest absolute Gasteiger partial charge is 0.285 e. The van der Waals surface area contributed by atoms with Crippen LogP contribution in [0.3, 0.4) is 0 Å². The van der Waals surface area contributed by atoms with Crippen LogP contribution in [0.25, 0.3) is 0 Å². The maximum atomic E-state index is 12.2. The monoisotopic (exact) mass is 357 g/mol. The van der Waals surface area contributed by atoms with Gasteiger partial charge in [0, 0.05) is 11.6 Å². The second-order valence-corrected chi connectivity index (χ2v) is 8.83. The van der Waals surface area contributed by atoms with Gasteiger partial charge in [0.2, 0.25) is 5.91 Å². The van der Waals surface area contributed by atoms with Gasteiger partial charge in [0.05, 0.1) is 12.3 Å². The Balaban J connectivity index is 1.79. The van der Waals surface area contributed by atoms with E-state index < -0.39 is 0 Å². The Kier molecular flexibility index (Phi) is 5.62. The Labute approximate surface area is 154 Å². The molecule has 0 radical (unpaired) electrons. The van der Waals surface area contributed by atoms with Gasteiger partial charge in [-0.3, -0.25) is 9.69 Å². The van der Waals surface area contributed by atoms with E-state index in [4.69, 9.17) is 0 Å². The lowest BCUT2D eigenvalue weighted by atomic mass is 9.71. The number of rotatable bonds is 3. The maximum Gasteiger partial charge on any atom is 0.239 e. The Hall–Kier alpha value is -1.62. The van der Waals surface area contributed by atoms with Crippen molar-refractivity contribution in [2.24, 2.45) is 21.5 Å². The molecule has 3 rings (SSSR count). The van der Waals surface area contributed by atoms with Crippen LogP contribution in [0.5, 0.6) is 0 Å². The smallest absolute Gasteiger partial charge is 0.239 e. The molecule has 25 heavy (non-hydrogen) atoms. The summed E-state index contributed by atoms with van der Waals surface area (Å²) < 4.78 is 0. The van der Waals surface area contributed by atoms with Crippen molar-refractivity contribution < 1.29 is 4.79 Å². The van der Waals surface area contributed by atoms with Crippen molar-refractivity contribution in [3.05, 3.63) is 35.9 Å². The van der Waals surface area contributed by atoms with Crippen LogP contribution in [0.2, 0.25) is 0 Å². The van der Waals surface area contributed by atoms with Gasteiger partial charge in [0.25, 0.3) is 0 Å². The lowest BCUT2D eigenvalue weighted by Crippen LogP contribution is -2.31. The molecular weight excluding hydrogens is 330 g/mol. The number of hydrogen-bond donors (Lipinski definition) is 0. The molecule has 1 aliphatic heterocycles. The number of hydrogen-bond acceptors (Lipinski definition) is 4. The standard InChI is InChI=1S/C20H27N3OS/c1-20(2,3)16-11-7-8-12-17(16)21-22-19-23(18(24)14-25-19)13-15-9-5-4-6-10-15/h4-6,9-10,16H,7-8,11-14H2,1-3H3/b21-17-,22-19+. The molecule has 2 aliphatic rings. The average molecular weight is 358 g/mol. The van der Waals surface area contributed by atoms with Crippen molar-refractivity contribution in [3.8, 4) is 0 Å². The molecule has 1 aromatic rings. The Morgan fingerprint density at radius 1 is 1.16 bits per heavy atom. The molecule has 0 spiro atoms. The molecule has 1 aliphatic carbocycles. The molecule has 1 atom stereocenters. The number of nitrogens with zero attached hydrogens (tertiary/aromatic N) is 3. The predicted octanol–water partition coefficient (Wildman–Crippen LogP) is 4.71. The van der Waals surface area contributed by atoms with E-state index in [2.05, 4.69) is 31.0 Å². The molecule has 5 heteroatoms. The van der Waals surface area contributed by atoms with E-state index in [0.29, 0.717) is 18.2 Å². The van der Waals surface area contributed by atoms with E-state index >= 15 is 0 Å². The van der Waals surface area contributed by atoms with Gasteiger partial charge in [-0.15, -0.1) is 5.10 Å². The second-order valence-electron chi connectivity index (χ2n) is 7.89. The quantitative estimate of drug-likeness (QED) is 0.735. The van der Waals surface area contributed by atoms with Gasteiger partial charge in [-0.25, -0.2) is 0 Å². The third kappa shape index (κ3) is 4.51. The highest BCUT2D eigenvalue weighted by Gasteiger charge is 2.32. The molecule has 2 fully saturated rings. The minimum Gasteiger partial charge on any atom is -0.285 e. The first-order valence-electron chi connectivity index (χ1n) is 9.06. The number of carbonyl (C=O) groups excluding carboxylic acids is 1. The van der Waals surface area contributed by atoms with Gasteiger partial charge in [-0.2, -0.15) is 5.10 Å². The molecule has 1 saturated carbocycles. The molecule has 0 N–H and O–H groups in total. The Morgan fingerprint density at radius 3 is 2.64 bits per heavy atom. The molecule has 1 aromatic carbocycles. The van der Waals surface area contributed by atoms with E-state index in [1.54, 1.807) is 4.90 Å². The van der Waals surface area contributed by atoms with Crippen LogP contribution in [0.15, 0.2) is 40.5 Å². The molecule has 0 aromatic heterocycles. The van der Waals surface area contributed by atoms with E-state index in [1.165, 1.54) is 36.7 Å². The third-order valence-corrected chi connectivity index (χ3v) is 5.88. The molecule has 1 heterocycles. The van der Waals surface area contributed by atoms with E-state index in [-0.39, 0.29) is 11.3 Å². The minimum absolute atomic E-state index is 0.115. The molecule has 134 valence electrons. The lowest BCUT2D eigenvalue weighted by Gasteiger charge is -2.34. The highest BCUT2D eigenvalue weighted by atomic mass is 32.2. The topological polar surface area (TPSA) is 45.0 Å². The first-order chi connectivity index (χ1) is 11.9. The summed E-state index contributed by atoms with van der Waals surface area (Å²) in [5, 5.41) is 9.88. The van der Waals surface area contributed by atoms with Crippen LogP contribution in [0, 0.1) is 11.3 Å². The van der Waals surface area contributed by atoms with Crippen molar-refractivity contribution in [2.75, 3.05) is 5.75 Å². The van der Waals surface area contributed by atoms with E-state index in [0.717, 1.165) is 17.2 Å². The van der Waals surface area contributed by atoms with Gasteiger partial charge in [0.15, 0.2) is 5.17 Å². The maximum absolute atomic E-state index is 12.2. The zero-order valence-corrected chi connectivity index (χ0v) is 16.2. The summed E-state index contributed by atoms with van der Waals surface area (Å²) in [6.45, 7) is 7.41. The summed E-state index contributed by atoms with van der Waals surface area (Å²) >= 11 is 1.49. The summed E-state index contributed by atoms with van der Waals surface area (Å²) in [6.07, 6.45) is 4.67.